The summed E-state index contributed by atoms with van der Waals surface area (Å²) in [6, 6.07) is 15.6. The minimum absolute atomic E-state index is 0.214. The topological polar surface area (TPSA) is 145 Å². The van der Waals surface area contributed by atoms with E-state index in [4.69, 9.17) is 5.73 Å². The first-order chi connectivity index (χ1) is 17.1. The highest BCUT2D eigenvalue weighted by Gasteiger charge is 2.39. The van der Waals surface area contributed by atoms with Crippen LogP contribution in [0.15, 0.2) is 60.9 Å². The van der Waals surface area contributed by atoms with Crippen LogP contribution in [0.3, 0.4) is 0 Å². The highest BCUT2D eigenvalue weighted by Crippen LogP contribution is 2.24. The summed E-state index contributed by atoms with van der Waals surface area (Å²) < 4.78 is 0. The molecule has 2 aromatic carbocycles. The number of aromatic nitrogens is 2. The molecular weight excluding hydrogens is 456 g/mol. The highest BCUT2D eigenvalue weighted by molar-refractivity contribution is 5.95. The summed E-state index contributed by atoms with van der Waals surface area (Å²) in [5.74, 6) is -0.902. The Kier molecular flexibility index (Phi) is 6.85. The van der Waals surface area contributed by atoms with E-state index in [2.05, 4.69) is 25.9 Å². The molecule has 9 heteroatoms. The van der Waals surface area contributed by atoms with E-state index >= 15 is 0 Å². The van der Waals surface area contributed by atoms with E-state index in [-0.39, 0.29) is 6.42 Å². The zero-order valence-electron chi connectivity index (χ0n) is 20.6. The highest BCUT2D eigenvalue weighted by atomic mass is 16.2. The van der Waals surface area contributed by atoms with Crippen LogP contribution in [0.25, 0.3) is 21.8 Å². The van der Waals surface area contributed by atoms with Crippen LogP contribution < -0.4 is 21.7 Å². The summed E-state index contributed by atoms with van der Waals surface area (Å²) in [4.78, 5) is 44.4. The Morgan fingerprint density at radius 1 is 0.917 bits per heavy atom. The molecular formula is C27H32N6O3. The molecule has 3 amide bonds. The zero-order valence-corrected chi connectivity index (χ0v) is 20.6. The third kappa shape index (κ3) is 5.26. The van der Waals surface area contributed by atoms with Gasteiger partial charge < -0.3 is 31.7 Å². The predicted octanol–water partition coefficient (Wildman–Crippen LogP) is 2.23. The lowest BCUT2D eigenvalue weighted by molar-refractivity contribution is -0.135. The summed E-state index contributed by atoms with van der Waals surface area (Å²) in [6.45, 7) is 4.83. The van der Waals surface area contributed by atoms with Crippen LogP contribution in [0.1, 0.15) is 31.9 Å². The van der Waals surface area contributed by atoms with Crippen molar-refractivity contribution in [3.8, 4) is 0 Å². The number of fused-ring (bicyclic) bond motifs is 2. The molecule has 4 aromatic rings. The summed E-state index contributed by atoms with van der Waals surface area (Å²) in [6.07, 6.45) is 4.13. The maximum absolute atomic E-state index is 13.7. The molecule has 0 aliphatic carbocycles. The first kappa shape index (κ1) is 25.0. The average molecular weight is 489 g/mol. The molecule has 0 bridgehead atoms. The minimum Gasteiger partial charge on any atom is -0.361 e. The Balaban J connectivity index is 1.62. The Bertz CT molecular complexity index is 1400. The SMILES string of the molecule is CC(C)(N)C(=O)N[C@](C)(Cc1c[nH]c2ccccc12)C(=O)N[C@H](Cc1c[nH]c2ccccc12)NC=O. The minimum atomic E-state index is -1.35. The third-order valence-corrected chi connectivity index (χ3v) is 6.37. The van der Waals surface area contributed by atoms with E-state index in [0.29, 0.717) is 12.8 Å². The molecule has 0 spiro atoms. The molecule has 2 heterocycles. The lowest BCUT2D eigenvalue weighted by Crippen LogP contribution is -2.65. The van der Waals surface area contributed by atoms with E-state index in [1.807, 2.05) is 60.9 Å². The Morgan fingerprint density at radius 3 is 2.06 bits per heavy atom. The Morgan fingerprint density at radius 2 is 1.47 bits per heavy atom. The number of benzene rings is 2. The van der Waals surface area contributed by atoms with Crippen molar-refractivity contribution < 1.29 is 14.4 Å². The molecule has 4 rings (SSSR count). The molecule has 0 radical (unpaired) electrons. The van der Waals surface area contributed by atoms with Gasteiger partial charge in [0.1, 0.15) is 11.7 Å². The first-order valence-electron chi connectivity index (χ1n) is 11.8. The van der Waals surface area contributed by atoms with E-state index in [9.17, 15) is 14.4 Å². The number of H-pyrrole nitrogens is 2. The lowest BCUT2D eigenvalue weighted by Gasteiger charge is -2.34. The van der Waals surface area contributed by atoms with Gasteiger partial charge in [-0.3, -0.25) is 14.4 Å². The van der Waals surface area contributed by atoms with Gasteiger partial charge in [0.25, 0.3) is 0 Å². The molecule has 36 heavy (non-hydrogen) atoms. The third-order valence-electron chi connectivity index (χ3n) is 6.37. The second-order valence-electron chi connectivity index (χ2n) is 9.92. The molecule has 0 aliphatic rings. The van der Waals surface area contributed by atoms with Gasteiger partial charge in [0, 0.05) is 47.0 Å². The maximum Gasteiger partial charge on any atom is 0.247 e. The number of aromatic amines is 2. The summed E-state index contributed by atoms with van der Waals surface area (Å²) in [5.41, 5.74) is 7.20. The smallest absolute Gasteiger partial charge is 0.247 e. The van der Waals surface area contributed by atoms with Crippen molar-refractivity contribution >= 4 is 40.0 Å². The zero-order chi connectivity index (χ0) is 25.9. The van der Waals surface area contributed by atoms with Crippen molar-refractivity contribution in [1.82, 2.24) is 25.9 Å². The Hall–Kier alpha value is -4.11. The number of nitrogens with two attached hydrogens (primary N) is 1. The van der Waals surface area contributed by atoms with Gasteiger partial charge in [-0.25, -0.2) is 0 Å². The molecule has 0 unspecified atom stereocenters. The van der Waals surface area contributed by atoms with Gasteiger partial charge in [-0.05, 0) is 44.0 Å². The maximum atomic E-state index is 13.7. The van der Waals surface area contributed by atoms with Crippen molar-refractivity contribution in [2.75, 3.05) is 0 Å². The fourth-order valence-electron chi connectivity index (χ4n) is 4.32. The first-order valence-corrected chi connectivity index (χ1v) is 11.8. The van der Waals surface area contributed by atoms with Crippen molar-refractivity contribution in [2.24, 2.45) is 5.73 Å². The van der Waals surface area contributed by atoms with Crippen LogP contribution in [-0.2, 0) is 27.2 Å². The molecule has 0 aliphatic heterocycles. The van der Waals surface area contributed by atoms with Gasteiger partial charge in [0.2, 0.25) is 18.2 Å². The number of rotatable bonds is 10. The molecule has 0 saturated carbocycles. The second kappa shape index (κ2) is 9.87. The van der Waals surface area contributed by atoms with Gasteiger partial charge >= 0.3 is 0 Å². The van der Waals surface area contributed by atoms with Crippen molar-refractivity contribution in [1.29, 1.82) is 0 Å². The van der Waals surface area contributed by atoms with Crippen LogP contribution in [0.2, 0.25) is 0 Å². The fourth-order valence-corrected chi connectivity index (χ4v) is 4.32. The molecule has 0 saturated heterocycles. The summed E-state index contributed by atoms with van der Waals surface area (Å²) in [7, 11) is 0. The molecule has 188 valence electrons. The largest absolute Gasteiger partial charge is 0.361 e. The number of hydrogen-bond donors (Lipinski definition) is 6. The Labute approximate surface area is 209 Å². The summed E-state index contributed by atoms with van der Waals surface area (Å²) in [5, 5.41) is 10.4. The fraction of sp³-hybridized carbons (Fsp3) is 0.296. The van der Waals surface area contributed by atoms with Gasteiger partial charge in [-0.1, -0.05) is 36.4 Å². The number of carbonyl (C=O) groups excluding carboxylic acids is 3. The second-order valence-corrected chi connectivity index (χ2v) is 9.92. The van der Waals surface area contributed by atoms with Crippen LogP contribution in [0.4, 0.5) is 0 Å². The summed E-state index contributed by atoms with van der Waals surface area (Å²) >= 11 is 0. The number of nitrogens with one attached hydrogen (secondary N) is 5. The van der Waals surface area contributed by atoms with Gasteiger partial charge in [0.15, 0.2) is 0 Å². The number of amides is 3. The van der Waals surface area contributed by atoms with Crippen molar-refractivity contribution in [2.45, 2.75) is 50.9 Å². The van der Waals surface area contributed by atoms with E-state index < -0.39 is 29.1 Å². The number of para-hydroxylation sites is 2. The average Bonchev–Trinajstić information content (AvgIpc) is 3.43. The number of hydrogen-bond acceptors (Lipinski definition) is 4. The van der Waals surface area contributed by atoms with E-state index in [1.54, 1.807) is 20.8 Å². The van der Waals surface area contributed by atoms with Crippen LogP contribution >= 0.6 is 0 Å². The number of carbonyl (C=O) groups is 3. The van der Waals surface area contributed by atoms with Crippen LogP contribution in [0.5, 0.6) is 0 Å². The monoisotopic (exact) mass is 488 g/mol. The van der Waals surface area contributed by atoms with Crippen molar-refractivity contribution in [3.63, 3.8) is 0 Å². The molecule has 7 N–H and O–H groups in total. The lowest BCUT2D eigenvalue weighted by atomic mass is 9.89. The standard InChI is InChI=1S/C27H32N6O3/c1-26(2,28)24(35)33-27(3,13-18-15-30-22-11-7-5-9-20(18)22)25(36)32-23(31-16-34)12-17-14-29-21-10-6-4-8-19(17)21/h4-11,14-16,23,29-30H,12-13,28H2,1-3H3,(H,31,34)(H,32,36)(H,33,35)/t23-,27-/m1/s1. The molecule has 2 atom stereocenters. The predicted molar refractivity (Wildman–Crippen MR) is 140 cm³/mol. The van der Waals surface area contributed by atoms with Crippen LogP contribution in [0, 0.1) is 0 Å². The van der Waals surface area contributed by atoms with Gasteiger partial charge in [-0.15, -0.1) is 0 Å². The molecule has 9 nitrogen and oxygen atoms in total. The molecule has 0 fully saturated rings. The normalized spacial score (nSPS) is 14.2. The quantitative estimate of drug-likeness (QED) is 0.150. The van der Waals surface area contributed by atoms with Crippen molar-refractivity contribution in [3.05, 3.63) is 72.1 Å². The van der Waals surface area contributed by atoms with Gasteiger partial charge in [0.05, 0.1) is 5.54 Å². The van der Waals surface area contributed by atoms with E-state index in [1.165, 1.54) is 0 Å². The molecule has 2 aromatic heterocycles. The van der Waals surface area contributed by atoms with Gasteiger partial charge in [-0.2, -0.15) is 0 Å². The van der Waals surface area contributed by atoms with E-state index in [0.717, 1.165) is 32.9 Å². The van der Waals surface area contributed by atoms with Crippen LogP contribution in [-0.4, -0.2) is 45.4 Å².